The molecule has 1 heterocycles. The van der Waals surface area contributed by atoms with Gasteiger partial charge in [0, 0.05) is 19.1 Å². The molecular formula is C14H19FN2O3. The molecule has 1 aliphatic heterocycles. The van der Waals surface area contributed by atoms with Crippen LogP contribution in [0.15, 0.2) is 18.2 Å². The third kappa shape index (κ3) is 2.91. The smallest absolute Gasteiger partial charge is 0.337 e. The molecule has 6 heteroatoms. The quantitative estimate of drug-likeness (QED) is 0.863. The van der Waals surface area contributed by atoms with E-state index in [4.69, 9.17) is 0 Å². The number of anilines is 1. The van der Waals surface area contributed by atoms with Crippen molar-refractivity contribution < 1.29 is 19.4 Å². The molecule has 5 nitrogen and oxygen atoms in total. The Bertz CT molecular complexity index is 507. The van der Waals surface area contributed by atoms with E-state index in [1.807, 2.05) is 19.0 Å². The van der Waals surface area contributed by atoms with E-state index in [1.54, 1.807) is 4.90 Å². The summed E-state index contributed by atoms with van der Waals surface area (Å²) in [5.74, 6) is -1.73. The van der Waals surface area contributed by atoms with Crippen molar-refractivity contribution in [2.24, 2.45) is 0 Å². The van der Waals surface area contributed by atoms with Crippen molar-refractivity contribution in [2.45, 2.75) is 18.6 Å². The maximum absolute atomic E-state index is 14.1. The van der Waals surface area contributed by atoms with E-state index in [-0.39, 0.29) is 23.8 Å². The highest BCUT2D eigenvalue weighted by atomic mass is 19.1. The Morgan fingerprint density at radius 1 is 1.50 bits per heavy atom. The van der Waals surface area contributed by atoms with Crippen molar-refractivity contribution in [2.75, 3.05) is 32.1 Å². The van der Waals surface area contributed by atoms with Gasteiger partial charge in [0.2, 0.25) is 0 Å². The zero-order valence-corrected chi connectivity index (χ0v) is 11.6. The number of halogens is 1. The van der Waals surface area contributed by atoms with Crippen molar-refractivity contribution in [3.05, 3.63) is 29.6 Å². The number of carbonyl (C=O) groups is 1. The van der Waals surface area contributed by atoms with Gasteiger partial charge < -0.3 is 20.0 Å². The highest BCUT2D eigenvalue weighted by molar-refractivity contribution is 5.94. The van der Waals surface area contributed by atoms with Crippen molar-refractivity contribution in [1.29, 1.82) is 0 Å². The lowest BCUT2D eigenvalue weighted by Gasteiger charge is -2.30. The van der Waals surface area contributed by atoms with Gasteiger partial charge in [-0.25, -0.2) is 9.18 Å². The fourth-order valence-electron chi connectivity index (χ4n) is 2.74. The lowest BCUT2D eigenvalue weighted by atomic mass is 10.1. The SMILES string of the molecule is CN(C)CC1CC(O)CN1c1c(F)cccc1C(=O)O. The van der Waals surface area contributed by atoms with Gasteiger partial charge in [-0.15, -0.1) is 0 Å². The largest absolute Gasteiger partial charge is 0.478 e. The Morgan fingerprint density at radius 3 is 2.80 bits per heavy atom. The summed E-state index contributed by atoms with van der Waals surface area (Å²) < 4.78 is 14.1. The molecule has 2 N–H and O–H groups in total. The minimum absolute atomic E-state index is 0.0668. The summed E-state index contributed by atoms with van der Waals surface area (Å²) in [5.41, 5.74) is 0.00579. The molecule has 2 unspecified atom stereocenters. The molecule has 1 aromatic carbocycles. The fraction of sp³-hybridized carbons (Fsp3) is 0.500. The Balaban J connectivity index is 2.41. The minimum atomic E-state index is -1.16. The van der Waals surface area contributed by atoms with E-state index in [1.165, 1.54) is 18.2 Å². The van der Waals surface area contributed by atoms with Crippen LogP contribution in [0.25, 0.3) is 0 Å². The summed E-state index contributed by atoms with van der Waals surface area (Å²) in [7, 11) is 3.78. The molecule has 1 aromatic rings. The van der Waals surface area contributed by atoms with Crippen LogP contribution in [0.5, 0.6) is 0 Å². The topological polar surface area (TPSA) is 64.0 Å². The third-order valence-corrected chi connectivity index (χ3v) is 3.47. The molecule has 0 aliphatic carbocycles. The Hall–Kier alpha value is -1.66. The van der Waals surface area contributed by atoms with E-state index in [2.05, 4.69) is 0 Å². The highest BCUT2D eigenvalue weighted by Crippen LogP contribution is 2.31. The predicted octanol–water partition coefficient (Wildman–Crippen LogP) is 1.03. The van der Waals surface area contributed by atoms with Gasteiger partial charge in [0.1, 0.15) is 5.82 Å². The number of β-amino-alcohol motifs (C(OH)–C–C–N with tert-alkyl or cyclic N) is 1. The van der Waals surface area contributed by atoms with Gasteiger partial charge in [-0.3, -0.25) is 0 Å². The van der Waals surface area contributed by atoms with Gasteiger partial charge in [-0.1, -0.05) is 6.07 Å². The number of hydrogen-bond acceptors (Lipinski definition) is 4. The van der Waals surface area contributed by atoms with Crippen molar-refractivity contribution in [1.82, 2.24) is 4.90 Å². The average Bonchev–Trinajstić information content (AvgIpc) is 2.68. The molecule has 110 valence electrons. The monoisotopic (exact) mass is 282 g/mol. The summed E-state index contributed by atoms with van der Waals surface area (Å²) in [6, 6.07) is 3.92. The first-order valence-corrected chi connectivity index (χ1v) is 6.51. The number of nitrogens with zero attached hydrogens (tertiary/aromatic N) is 2. The molecular weight excluding hydrogens is 263 g/mol. The summed E-state index contributed by atoms with van der Waals surface area (Å²) in [4.78, 5) is 14.9. The van der Waals surface area contributed by atoms with Crippen LogP contribution < -0.4 is 4.90 Å². The molecule has 0 spiro atoms. The zero-order chi connectivity index (χ0) is 14.9. The molecule has 0 aromatic heterocycles. The standard InChI is InChI=1S/C14H19FN2O3/c1-16(2)7-9-6-10(18)8-17(9)13-11(14(19)20)4-3-5-12(13)15/h3-5,9-10,18H,6-8H2,1-2H3,(H,19,20). The number of carboxylic acids is 1. The van der Waals surface area contributed by atoms with Crippen LogP contribution in [0.2, 0.25) is 0 Å². The first-order chi connectivity index (χ1) is 9.40. The number of likely N-dealkylation sites (N-methyl/N-ethyl adjacent to an activating group) is 1. The van der Waals surface area contributed by atoms with Crippen LogP contribution in [-0.4, -0.2) is 60.4 Å². The van der Waals surface area contributed by atoms with E-state index in [9.17, 15) is 19.4 Å². The van der Waals surface area contributed by atoms with Crippen LogP contribution in [0.1, 0.15) is 16.8 Å². The fourth-order valence-corrected chi connectivity index (χ4v) is 2.74. The van der Waals surface area contributed by atoms with Crippen molar-refractivity contribution >= 4 is 11.7 Å². The number of aromatic carboxylic acids is 1. The molecule has 20 heavy (non-hydrogen) atoms. The van der Waals surface area contributed by atoms with Gasteiger partial charge in [0.05, 0.1) is 17.4 Å². The molecule has 0 amide bonds. The van der Waals surface area contributed by atoms with E-state index in [0.717, 1.165) is 0 Å². The van der Waals surface area contributed by atoms with Crippen LogP contribution in [0.4, 0.5) is 10.1 Å². The minimum Gasteiger partial charge on any atom is -0.478 e. The zero-order valence-electron chi connectivity index (χ0n) is 11.6. The summed E-state index contributed by atoms with van der Waals surface area (Å²) >= 11 is 0. The number of aliphatic hydroxyl groups excluding tert-OH is 1. The number of carboxylic acid groups (broad SMARTS) is 1. The number of aliphatic hydroxyl groups is 1. The van der Waals surface area contributed by atoms with E-state index in [0.29, 0.717) is 13.0 Å². The van der Waals surface area contributed by atoms with Gasteiger partial charge >= 0.3 is 5.97 Å². The normalized spacial score (nSPS) is 22.6. The number of hydrogen-bond donors (Lipinski definition) is 2. The van der Waals surface area contributed by atoms with E-state index >= 15 is 0 Å². The third-order valence-electron chi connectivity index (χ3n) is 3.47. The maximum Gasteiger partial charge on any atom is 0.337 e. The first-order valence-electron chi connectivity index (χ1n) is 6.51. The van der Waals surface area contributed by atoms with Gasteiger partial charge in [0.15, 0.2) is 0 Å². The first kappa shape index (κ1) is 14.7. The summed E-state index contributed by atoms with van der Waals surface area (Å²) in [6.07, 6.45) is -0.0628. The van der Waals surface area contributed by atoms with Crippen molar-refractivity contribution in [3.63, 3.8) is 0 Å². The second kappa shape index (κ2) is 5.76. The molecule has 1 fully saturated rings. The average molecular weight is 282 g/mol. The van der Waals surface area contributed by atoms with Crippen LogP contribution >= 0.6 is 0 Å². The van der Waals surface area contributed by atoms with Gasteiger partial charge in [-0.2, -0.15) is 0 Å². The molecule has 1 aliphatic rings. The Labute approximate surface area is 117 Å². The number of para-hydroxylation sites is 1. The summed E-state index contributed by atoms with van der Waals surface area (Å²) in [5, 5.41) is 19.1. The lowest BCUT2D eigenvalue weighted by Crippen LogP contribution is -2.38. The van der Waals surface area contributed by atoms with Gasteiger partial charge in [0.25, 0.3) is 0 Å². The number of benzene rings is 1. The lowest BCUT2D eigenvalue weighted by molar-refractivity contribution is 0.0697. The molecule has 1 saturated heterocycles. The maximum atomic E-state index is 14.1. The second-order valence-corrected chi connectivity index (χ2v) is 5.40. The second-order valence-electron chi connectivity index (χ2n) is 5.40. The molecule has 0 saturated carbocycles. The predicted molar refractivity (Wildman–Crippen MR) is 73.7 cm³/mol. The van der Waals surface area contributed by atoms with Crippen molar-refractivity contribution in [3.8, 4) is 0 Å². The highest BCUT2D eigenvalue weighted by Gasteiger charge is 2.34. The Kier molecular flexibility index (Phi) is 4.25. The number of rotatable bonds is 4. The summed E-state index contributed by atoms with van der Waals surface area (Å²) in [6.45, 7) is 0.879. The van der Waals surface area contributed by atoms with Crippen LogP contribution in [0, 0.1) is 5.82 Å². The van der Waals surface area contributed by atoms with Gasteiger partial charge in [-0.05, 0) is 32.6 Å². The van der Waals surface area contributed by atoms with Crippen LogP contribution in [-0.2, 0) is 0 Å². The molecule has 0 bridgehead atoms. The molecule has 2 rings (SSSR count). The van der Waals surface area contributed by atoms with Crippen LogP contribution in [0.3, 0.4) is 0 Å². The van der Waals surface area contributed by atoms with E-state index < -0.39 is 17.9 Å². The molecule has 2 atom stereocenters. The molecule has 0 radical (unpaired) electrons. The Morgan fingerprint density at radius 2 is 2.20 bits per heavy atom.